The van der Waals surface area contributed by atoms with Gasteiger partial charge in [0.2, 0.25) is 0 Å². The molecule has 0 radical (unpaired) electrons. The van der Waals surface area contributed by atoms with Crippen LogP contribution in [0.2, 0.25) is 0 Å². The molecule has 0 aliphatic heterocycles. The summed E-state index contributed by atoms with van der Waals surface area (Å²) < 4.78 is 19.4. The predicted molar refractivity (Wildman–Crippen MR) is 98.0 cm³/mol. The van der Waals surface area contributed by atoms with Crippen molar-refractivity contribution in [1.82, 2.24) is 15.8 Å². The van der Waals surface area contributed by atoms with Gasteiger partial charge in [-0.25, -0.2) is 9.38 Å². The summed E-state index contributed by atoms with van der Waals surface area (Å²) in [5, 5.41) is 19.3. The highest BCUT2D eigenvalue weighted by Crippen LogP contribution is 2.15. The number of hydrogen-bond donors (Lipinski definition) is 2. The molecular formula is C19H24FN5O. The molecule has 0 aliphatic carbocycles. The lowest BCUT2D eigenvalue weighted by molar-refractivity contribution is 0.380. The molecule has 0 unspecified atom stereocenters. The lowest BCUT2D eigenvalue weighted by atomic mass is 10.1. The van der Waals surface area contributed by atoms with Gasteiger partial charge in [0.15, 0.2) is 5.96 Å². The summed E-state index contributed by atoms with van der Waals surface area (Å²) >= 11 is 0. The molecule has 0 saturated carbocycles. The van der Waals surface area contributed by atoms with Crippen LogP contribution in [0.25, 0.3) is 0 Å². The topological polar surface area (TPSA) is 86.2 Å². The van der Waals surface area contributed by atoms with Crippen molar-refractivity contribution in [2.75, 3.05) is 6.54 Å². The second-order valence-corrected chi connectivity index (χ2v) is 5.70. The van der Waals surface area contributed by atoms with E-state index < -0.39 is 5.82 Å². The van der Waals surface area contributed by atoms with Gasteiger partial charge in [-0.2, -0.15) is 5.26 Å². The Hall–Kier alpha value is -2.88. The van der Waals surface area contributed by atoms with Crippen LogP contribution in [-0.2, 0) is 25.9 Å². The van der Waals surface area contributed by atoms with Crippen molar-refractivity contribution >= 4 is 5.96 Å². The number of aryl methyl sites for hydroxylation is 2. The number of aliphatic imine (C=N–C) groups is 1. The summed E-state index contributed by atoms with van der Waals surface area (Å²) in [4.78, 5) is 4.43. The fourth-order valence-electron chi connectivity index (χ4n) is 2.56. The Morgan fingerprint density at radius 2 is 2.08 bits per heavy atom. The number of halogens is 1. The average molecular weight is 357 g/mol. The highest BCUT2D eigenvalue weighted by Gasteiger charge is 2.13. The van der Waals surface area contributed by atoms with Crippen LogP contribution < -0.4 is 10.6 Å². The second kappa shape index (κ2) is 9.56. The van der Waals surface area contributed by atoms with E-state index in [-0.39, 0.29) is 6.54 Å². The quantitative estimate of drug-likeness (QED) is 0.587. The third-order valence-electron chi connectivity index (χ3n) is 3.97. The smallest absolute Gasteiger partial charge is 0.191 e. The van der Waals surface area contributed by atoms with Crippen LogP contribution in [0.15, 0.2) is 27.7 Å². The molecule has 1 aromatic heterocycles. The number of nitrogens with zero attached hydrogens (tertiary/aromatic N) is 3. The summed E-state index contributed by atoms with van der Waals surface area (Å²) in [6.45, 7) is 7.43. The molecule has 0 amide bonds. The first-order valence-corrected chi connectivity index (χ1v) is 8.79. The van der Waals surface area contributed by atoms with Crippen LogP contribution in [-0.4, -0.2) is 17.7 Å². The van der Waals surface area contributed by atoms with Crippen LogP contribution >= 0.6 is 0 Å². The highest BCUT2D eigenvalue weighted by molar-refractivity contribution is 5.79. The standard InChI is InChI=1S/C19H24FN5O/c1-4-17-15(18(5-2)26-25-17)12-24-19(22-6-3)23-11-14-8-7-13(10-21)9-16(14)20/h7-9H,4-6,11-12H2,1-3H3,(H2,22,23,24). The molecule has 1 aromatic carbocycles. The Bertz CT molecular complexity index is 785. The Labute approximate surface area is 153 Å². The molecule has 7 heteroatoms. The van der Waals surface area contributed by atoms with Gasteiger partial charge in [0.1, 0.15) is 11.6 Å². The van der Waals surface area contributed by atoms with Crippen molar-refractivity contribution in [3.8, 4) is 6.07 Å². The number of guanidine groups is 1. The number of nitrogens with one attached hydrogen (secondary N) is 2. The molecule has 2 N–H and O–H groups in total. The van der Waals surface area contributed by atoms with E-state index in [1.54, 1.807) is 12.1 Å². The van der Waals surface area contributed by atoms with Crippen molar-refractivity contribution in [2.24, 2.45) is 4.99 Å². The van der Waals surface area contributed by atoms with Crippen molar-refractivity contribution in [3.05, 3.63) is 52.2 Å². The first-order chi connectivity index (χ1) is 12.6. The maximum atomic E-state index is 14.0. The molecule has 0 atom stereocenters. The molecule has 0 saturated heterocycles. The average Bonchev–Trinajstić information content (AvgIpc) is 3.06. The third kappa shape index (κ3) is 4.82. The lowest BCUT2D eigenvalue weighted by Crippen LogP contribution is -2.37. The molecule has 26 heavy (non-hydrogen) atoms. The Morgan fingerprint density at radius 3 is 2.69 bits per heavy atom. The molecule has 2 rings (SSSR count). The van der Waals surface area contributed by atoms with Gasteiger partial charge in [0, 0.05) is 30.6 Å². The minimum absolute atomic E-state index is 0.178. The number of nitriles is 1. The van der Waals surface area contributed by atoms with Crippen molar-refractivity contribution in [3.63, 3.8) is 0 Å². The third-order valence-corrected chi connectivity index (χ3v) is 3.97. The zero-order valence-corrected chi connectivity index (χ0v) is 15.4. The second-order valence-electron chi connectivity index (χ2n) is 5.70. The van der Waals surface area contributed by atoms with Gasteiger partial charge < -0.3 is 15.2 Å². The molecule has 138 valence electrons. The number of aromatic nitrogens is 1. The first-order valence-electron chi connectivity index (χ1n) is 8.79. The van der Waals surface area contributed by atoms with Gasteiger partial charge >= 0.3 is 0 Å². The van der Waals surface area contributed by atoms with E-state index in [2.05, 4.69) is 20.8 Å². The number of benzene rings is 1. The molecule has 0 bridgehead atoms. The van der Waals surface area contributed by atoms with Crippen LogP contribution in [0.3, 0.4) is 0 Å². The van der Waals surface area contributed by atoms with Gasteiger partial charge in [0.25, 0.3) is 0 Å². The Balaban J connectivity index is 2.10. The summed E-state index contributed by atoms with van der Waals surface area (Å²) in [5.41, 5.74) is 2.72. The van der Waals surface area contributed by atoms with Gasteiger partial charge in [-0.05, 0) is 25.5 Å². The van der Waals surface area contributed by atoms with Crippen molar-refractivity contribution < 1.29 is 8.91 Å². The van der Waals surface area contributed by atoms with E-state index in [4.69, 9.17) is 9.78 Å². The van der Waals surface area contributed by atoms with Crippen molar-refractivity contribution in [1.29, 1.82) is 5.26 Å². The van der Waals surface area contributed by atoms with Crippen LogP contribution in [0.1, 0.15) is 48.9 Å². The van der Waals surface area contributed by atoms with E-state index in [1.807, 2.05) is 26.8 Å². The molecule has 0 spiro atoms. The Morgan fingerprint density at radius 1 is 1.27 bits per heavy atom. The maximum Gasteiger partial charge on any atom is 0.191 e. The van der Waals surface area contributed by atoms with Gasteiger partial charge in [-0.3, -0.25) is 0 Å². The number of hydrogen-bond acceptors (Lipinski definition) is 4. The normalized spacial score (nSPS) is 11.3. The molecule has 0 fully saturated rings. The minimum atomic E-state index is -0.427. The highest BCUT2D eigenvalue weighted by atomic mass is 19.1. The van der Waals surface area contributed by atoms with Crippen molar-refractivity contribution in [2.45, 2.75) is 46.7 Å². The van der Waals surface area contributed by atoms with Gasteiger partial charge in [-0.1, -0.05) is 25.1 Å². The van der Waals surface area contributed by atoms with Crippen LogP contribution in [0, 0.1) is 17.1 Å². The van der Waals surface area contributed by atoms with E-state index in [0.29, 0.717) is 30.2 Å². The molecule has 1 heterocycles. The largest absolute Gasteiger partial charge is 0.361 e. The van der Waals surface area contributed by atoms with Crippen LogP contribution in [0.5, 0.6) is 0 Å². The monoisotopic (exact) mass is 357 g/mol. The molecular weight excluding hydrogens is 333 g/mol. The fourth-order valence-corrected chi connectivity index (χ4v) is 2.56. The number of rotatable bonds is 7. The van der Waals surface area contributed by atoms with Gasteiger partial charge in [-0.15, -0.1) is 0 Å². The summed E-state index contributed by atoms with van der Waals surface area (Å²) in [6.07, 6.45) is 1.57. The summed E-state index contributed by atoms with van der Waals surface area (Å²) in [6, 6.07) is 6.33. The minimum Gasteiger partial charge on any atom is -0.361 e. The van der Waals surface area contributed by atoms with Crippen LogP contribution in [0.4, 0.5) is 4.39 Å². The lowest BCUT2D eigenvalue weighted by Gasteiger charge is -2.12. The summed E-state index contributed by atoms with van der Waals surface area (Å²) in [5.74, 6) is 1.02. The maximum absolute atomic E-state index is 14.0. The van der Waals surface area contributed by atoms with E-state index in [1.165, 1.54) is 6.07 Å². The van der Waals surface area contributed by atoms with E-state index in [0.717, 1.165) is 29.9 Å². The molecule has 6 nitrogen and oxygen atoms in total. The predicted octanol–water partition coefficient (Wildman–Crippen LogP) is 3.07. The first kappa shape index (κ1) is 19.4. The Kier molecular flexibility index (Phi) is 7.15. The molecule has 2 aromatic rings. The SMILES string of the molecule is CCNC(=NCc1ccc(C#N)cc1F)NCc1c(CC)noc1CC. The zero-order valence-electron chi connectivity index (χ0n) is 15.4. The summed E-state index contributed by atoms with van der Waals surface area (Å²) in [7, 11) is 0. The van der Waals surface area contributed by atoms with E-state index in [9.17, 15) is 4.39 Å². The zero-order chi connectivity index (χ0) is 18.9. The molecule has 0 aliphatic rings. The van der Waals surface area contributed by atoms with Gasteiger partial charge in [0.05, 0.1) is 23.9 Å². The fraction of sp³-hybridized carbons (Fsp3) is 0.421. The van der Waals surface area contributed by atoms with E-state index >= 15 is 0 Å².